The van der Waals surface area contributed by atoms with Crippen molar-refractivity contribution in [1.82, 2.24) is 20.0 Å². The number of ether oxygens (including phenoxy) is 2. The molecule has 2 heterocycles. The molecule has 2 aromatic heterocycles. The summed E-state index contributed by atoms with van der Waals surface area (Å²) >= 11 is 1.46. The maximum atomic E-state index is 12.9. The van der Waals surface area contributed by atoms with Crippen LogP contribution in [0.4, 0.5) is 0 Å². The van der Waals surface area contributed by atoms with Gasteiger partial charge in [-0.2, -0.15) is 5.10 Å². The third-order valence-corrected chi connectivity index (χ3v) is 7.23. The van der Waals surface area contributed by atoms with Crippen LogP contribution in [0.3, 0.4) is 0 Å². The smallest absolute Gasteiger partial charge is 0.261 e. The Morgan fingerprint density at radius 2 is 1.86 bits per heavy atom. The van der Waals surface area contributed by atoms with Crippen LogP contribution in [-0.4, -0.2) is 54.4 Å². The number of benzene rings is 2. The molecule has 0 radical (unpaired) electrons. The van der Waals surface area contributed by atoms with Crippen molar-refractivity contribution in [2.24, 2.45) is 7.05 Å². The van der Waals surface area contributed by atoms with Gasteiger partial charge in [-0.15, -0.1) is 11.3 Å². The van der Waals surface area contributed by atoms with E-state index in [0.717, 1.165) is 47.5 Å². The van der Waals surface area contributed by atoms with Crippen LogP contribution >= 0.6 is 11.3 Å². The Hall–Kier alpha value is -3.36. The van der Waals surface area contributed by atoms with Gasteiger partial charge >= 0.3 is 0 Å². The molecule has 0 saturated heterocycles. The Balaban J connectivity index is 1.40. The maximum absolute atomic E-state index is 12.9. The summed E-state index contributed by atoms with van der Waals surface area (Å²) in [5.41, 5.74) is 3.04. The Morgan fingerprint density at radius 3 is 2.57 bits per heavy atom. The number of aromatic nitrogens is 2. The summed E-state index contributed by atoms with van der Waals surface area (Å²) in [7, 11) is 5.13. The van der Waals surface area contributed by atoms with Gasteiger partial charge in [0.15, 0.2) is 11.5 Å². The van der Waals surface area contributed by atoms with Crippen molar-refractivity contribution in [3.05, 3.63) is 65.0 Å². The third kappa shape index (κ3) is 5.66. The summed E-state index contributed by atoms with van der Waals surface area (Å²) in [6.45, 7) is 5.64. The predicted molar refractivity (Wildman–Crippen MR) is 141 cm³/mol. The number of nitrogens with zero attached hydrogens (tertiary/aromatic N) is 3. The van der Waals surface area contributed by atoms with Crippen molar-refractivity contribution in [2.45, 2.75) is 19.9 Å². The fourth-order valence-corrected chi connectivity index (χ4v) is 5.12. The summed E-state index contributed by atoms with van der Waals surface area (Å²) in [6, 6.07) is 18.1. The monoisotopic (exact) mass is 492 g/mol. The maximum Gasteiger partial charge on any atom is 0.261 e. The lowest BCUT2D eigenvalue weighted by atomic mass is 10.1. The molecule has 2 aromatic carbocycles. The van der Waals surface area contributed by atoms with Crippen molar-refractivity contribution in [3.63, 3.8) is 0 Å². The molecule has 0 spiro atoms. The number of carbonyl (C=O) groups is 1. The molecular formula is C27H32N4O3S. The highest BCUT2D eigenvalue weighted by Crippen LogP contribution is 2.37. The standard InChI is InChI=1S/C27H32N4O3S/c1-5-31(18-19-10-7-6-8-11-19)15-9-14-28-26(32)24-17-21-25(29-30(2)27(21)35-24)20-12-13-22(33-3)23(16-20)34-4/h6-8,10-13,16-17H,5,9,14-15,18H2,1-4H3,(H,28,32). The van der Waals surface area contributed by atoms with E-state index in [2.05, 4.69) is 46.5 Å². The zero-order chi connectivity index (χ0) is 24.8. The van der Waals surface area contributed by atoms with Crippen LogP contribution in [0.2, 0.25) is 0 Å². The molecule has 0 unspecified atom stereocenters. The van der Waals surface area contributed by atoms with E-state index < -0.39 is 0 Å². The zero-order valence-corrected chi connectivity index (χ0v) is 21.5. The summed E-state index contributed by atoms with van der Waals surface area (Å²) in [5, 5.41) is 8.72. The Morgan fingerprint density at radius 1 is 1.09 bits per heavy atom. The van der Waals surface area contributed by atoms with Crippen LogP contribution in [0, 0.1) is 0 Å². The van der Waals surface area contributed by atoms with Gasteiger partial charge < -0.3 is 14.8 Å². The van der Waals surface area contributed by atoms with Crippen LogP contribution in [0.1, 0.15) is 28.6 Å². The molecule has 0 bridgehead atoms. The third-order valence-electron chi connectivity index (χ3n) is 6.03. The highest BCUT2D eigenvalue weighted by atomic mass is 32.1. The van der Waals surface area contributed by atoms with Crippen LogP contribution in [0.25, 0.3) is 21.5 Å². The Kier molecular flexibility index (Phi) is 8.05. The number of nitrogens with one attached hydrogen (secondary N) is 1. The first-order valence-corrected chi connectivity index (χ1v) is 12.6. The minimum absolute atomic E-state index is 0.0458. The molecule has 1 N–H and O–H groups in total. The second-order valence-electron chi connectivity index (χ2n) is 8.34. The minimum atomic E-state index is -0.0458. The number of fused-ring (bicyclic) bond motifs is 1. The Labute approximate surface area is 210 Å². The first-order chi connectivity index (χ1) is 17.0. The number of hydrogen-bond donors (Lipinski definition) is 1. The number of hydrogen-bond acceptors (Lipinski definition) is 6. The average Bonchev–Trinajstić information content (AvgIpc) is 3.46. The molecule has 4 rings (SSSR count). The van der Waals surface area contributed by atoms with Crippen molar-refractivity contribution in [1.29, 1.82) is 0 Å². The molecule has 0 atom stereocenters. The molecule has 0 aliphatic heterocycles. The zero-order valence-electron chi connectivity index (χ0n) is 20.7. The van der Waals surface area contributed by atoms with Gasteiger partial charge in [0.2, 0.25) is 0 Å². The lowest BCUT2D eigenvalue weighted by Gasteiger charge is -2.20. The molecule has 0 saturated carbocycles. The average molecular weight is 493 g/mol. The van der Waals surface area contributed by atoms with E-state index >= 15 is 0 Å². The van der Waals surface area contributed by atoms with E-state index in [1.54, 1.807) is 14.2 Å². The van der Waals surface area contributed by atoms with Gasteiger partial charge in [-0.1, -0.05) is 37.3 Å². The van der Waals surface area contributed by atoms with Crippen LogP contribution in [0.5, 0.6) is 11.5 Å². The fraction of sp³-hybridized carbons (Fsp3) is 0.333. The topological polar surface area (TPSA) is 68.6 Å². The van der Waals surface area contributed by atoms with Crippen LogP contribution in [0.15, 0.2) is 54.6 Å². The number of amides is 1. The highest BCUT2D eigenvalue weighted by Gasteiger charge is 2.19. The summed E-state index contributed by atoms with van der Waals surface area (Å²) < 4.78 is 12.6. The number of thiophene rings is 1. The Bertz CT molecular complexity index is 1280. The first kappa shape index (κ1) is 24.8. The molecule has 4 aromatic rings. The van der Waals surface area contributed by atoms with E-state index in [1.165, 1.54) is 16.9 Å². The number of rotatable bonds is 11. The minimum Gasteiger partial charge on any atom is -0.493 e. The van der Waals surface area contributed by atoms with E-state index in [1.807, 2.05) is 42.1 Å². The van der Waals surface area contributed by atoms with Gasteiger partial charge in [-0.05, 0) is 42.8 Å². The fourth-order valence-electron chi connectivity index (χ4n) is 4.13. The molecule has 0 aliphatic carbocycles. The molecule has 0 fully saturated rings. The molecule has 184 valence electrons. The second kappa shape index (κ2) is 11.4. The summed E-state index contributed by atoms with van der Waals surface area (Å²) in [6.07, 6.45) is 0.899. The number of methoxy groups -OCH3 is 2. The summed E-state index contributed by atoms with van der Waals surface area (Å²) in [5.74, 6) is 1.26. The van der Waals surface area contributed by atoms with Gasteiger partial charge in [-0.25, -0.2) is 0 Å². The van der Waals surface area contributed by atoms with Gasteiger partial charge in [0.25, 0.3) is 5.91 Å². The molecule has 35 heavy (non-hydrogen) atoms. The van der Waals surface area contributed by atoms with Gasteiger partial charge in [0.05, 0.1) is 19.1 Å². The van der Waals surface area contributed by atoms with E-state index in [4.69, 9.17) is 9.47 Å². The number of aryl methyl sites for hydroxylation is 1. The van der Waals surface area contributed by atoms with E-state index in [-0.39, 0.29) is 5.91 Å². The van der Waals surface area contributed by atoms with Crippen molar-refractivity contribution < 1.29 is 14.3 Å². The first-order valence-electron chi connectivity index (χ1n) is 11.8. The van der Waals surface area contributed by atoms with Crippen LogP contribution < -0.4 is 14.8 Å². The van der Waals surface area contributed by atoms with Gasteiger partial charge in [-0.3, -0.25) is 14.4 Å². The number of carbonyl (C=O) groups excluding carboxylic acids is 1. The molecule has 8 heteroatoms. The lowest BCUT2D eigenvalue weighted by molar-refractivity contribution is 0.0955. The predicted octanol–water partition coefficient (Wildman–Crippen LogP) is 4.96. The van der Waals surface area contributed by atoms with Crippen LogP contribution in [-0.2, 0) is 13.6 Å². The SMILES string of the molecule is CCN(CCCNC(=O)c1cc2c(-c3ccc(OC)c(OC)c3)nn(C)c2s1)Cc1ccccc1. The molecule has 0 aliphatic rings. The van der Waals surface area contributed by atoms with E-state index in [9.17, 15) is 4.79 Å². The molecule has 1 amide bonds. The highest BCUT2D eigenvalue weighted by molar-refractivity contribution is 7.20. The lowest BCUT2D eigenvalue weighted by Crippen LogP contribution is -2.29. The van der Waals surface area contributed by atoms with Crippen molar-refractivity contribution >= 4 is 27.5 Å². The second-order valence-corrected chi connectivity index (χ2v) is 9.37. The quantitative estimate of drug-likeness (QED) is 0.300. The molecule has 7 nitrogen and oxygen atoms in total. The van der Waals surface area contributed by atoms with Gasteiger partial charge in [0, 0.05) is 37.6 Å². The molecular weight excluding hydrogens is 460 g/mol. The van der Waals surface area contributed by atoms with E-state index in [0.29, 0.717) is 22.9 Å². The van der Waals surface area contributed by atoms with Gasteiger partial charge in [0.1, 0.15) is 10.5 Å². The normalized spacial score (nSPS) is 11.2. The largest absolute Gasteiger partial charge is 0.493 e. The summed E-state index contributed by atoms with van der Waals surface area (Å²) in [4.78, 5) is 16.9. The van der Waals surface area contributed by atoms with Crippen molar-refractivity contribution in [3.8, 4) is 22.8 Å². The van der Waals surface area contributed by atoms with Crippen molar-refractivity contribution in [2.75, 3.05) is 33.9 Å².